The van der Waals surface area contributed by atoms with Gasteiger partial charge in [0.1, 0.15) is 6.10 Å². The van der Waals surface area contributed by atoms with E-state index in [1.54, 1.807) is 0 Å². The van der Waals surface area contributed by atoms with Gasteiger partial charge in [-0.3, -0.25) is 0 Å². The molecule has 0 bridgehead atoms. The Balaban J connectivity index is 1.77. The molecule has 2 atom stereocenters. The number of rotatable bonds is 3. The predicted octanol–water partition coefficient (Wildman–Crippen LogP) is 2.57. The van der Waals surface area contributed by atoms with Crippen LogP contribution in [0.3, 0.4) is 0 Å². The smallest absolute Gasteiger partial charge is 0.407 e. The fourth-order valence-corrected chi connectivity index (χ4v) is 2.40. The highest BCUT2D eigenvalue weighted by Crippen LogP contribution is 2.19. The van der Waals surface area contributed by atoms with Gasteiger partial charge in [-0.25, -0.2) is 4.79 Å². The van der Waals surface area contributed by atoms with E-state index >= 15 is 0 Å². The van der Waals surface area contributed by atoms with E-state index in [0.29, 0.717) is 6.54 Å². The van der Waals surface area contributed by atoms with Crippen LogP contribution in [0.5, 0.6) is 0 Å². The van der Waals surface area contributed by atoms with Gasteiger partial charge in [0.05, 0.1) is 0 Å². The number of hydrogen-bond donors (Lipinski definition) is 2. The maximum Gasteiger partial charge on any atom is 0.407 e. The third-order valence-corrected chi connectivity index (χ3v) is 3.54. The lowest BCUT2D eigenvalue weighted by molar-refractivity contribution is 0.0779. The van der Waals surface area contributed by atoms with Crippen molar-refractivity contribution in [2.75, 3.05) is 0 Å². The van der Waals surface area contributed by atoms with Crippen LogP contribution in [0.4, 0.5) is 4.79 Å². The monoisotopic (exact) mass is 262 g/mol. The van der Waals surface area contributed by atoms with Crippen molar-refractivity contribution < 1.29 is 9.53 Å². The normalized spacial score (nSPS) is 23.4. The minimum Gasteiger partial charge on any atom is -0.445 e. The molecule has 0 saturated heterocycles. The topological polar surface area (TPSA) is 64.3 Å². The van der Waals surface area contributed by atoms with Crippen molar-refractivity contribution in [1.29, 1.82) is 0 Å². The zero-order valence-electron chi connectivity index (χ0n) is 11.2. The molecule has 0 aromatic heterocycles. The summed E-state index contributed by atoms with van der Waals surface area (Å²) in [6.45, 7) is 0.488. The maximum absolute atomic E-state index is 11.8. The number of amides is 1. The first-order valence-electron chi connectivity index (χ1n) is 6.99. The van der Waals surface area contributed by atoms with Crippen LogP contribution in [-0.4, -0.2) is 18.2 Å². The maximum atomic E-state index is 11.8. The Bertz CT molecular complexity index is 394. The number of alkyl carbamates (subject to hydrolysis) is 1. The first-order chi connectivity index (χ1) is 9.25. The van der Waals surface area contributed by atoms with Gasteiger partial charge >= 0.3 is 6.09 Å². The van der Waals surface area contributed by atoms with Crippen LogP contribution in [0, 0.1) is 0 Å². The molecule has 104 valence electrons. The van der Waals surface area contributed by atoms with Crippen LogP contribution >= 0.6 is 0 Å². The largest absolute Gasteiger partial charge is 0.445 e. The molecule has 1 aliphatic carbocycles. The Morgan fingerprint density at radius 1 is 1.21 bits per heavy atom. The van der Waals surface area contributed by atoms with Gasteiger partial charge in [-0.2, -0.15) is 0 Å². The zero-order valence-corrected chi connectivity index (χ0v) is 11.2. The van der Waals surface area contributed by atoms with E-state index in [-0.39, 0.29) is 18.2 Å². The van der Waals surface area contributed by atoms with Gasteiger partial charge in [0, 0.05) is 12.6 Å². The summed E-state index contributed by atoms with van der Waals surface area (Å²) in [4.78, 5) is 11.8. The van der Waals surface area contributed by atoms with E-state index in [4.69, 9.17) is 10.5 Å². The van der Waals surface area contributed by atoms with Crippen LogP contribution in [0.15, 0.2) is 30.3 Å². The summed E-state index contributed by atoms with van der Waals surface area (Å²) in [5.74, 6) is 0. The van der Waals surface area contributed by atoms with Crippen LogP contribution < -0.4 is 11.1 Å². The quantitative estimate of drug-likeness (QED) is 0.823. The number of ether oxygens (including phenoxy) is 1. The molecular formula is C15H22N2O2. The first-order valence-corrected chi connectivity index (χ1v) is 6.99. The van der Waals surface area contributed by atoms with Crippen molar-refractivity contribution in [3.05, 3.63) is 35.9 Å². The van der Waals surface area contributed by atoms with Gasteiger partial charge in [0.25, 0.3) is 0 Å². The molecule has 0 radical (unpaired) electrons. The van der Waals surface area contributed by atoms with Crippen molar-refractivity contribution in [3.63, 3.8) is 0 Å². The van der Waals surface area contributed by atoms with Gasteiger partial charge in [-0.15, -0.1) is 0 Å². The van der Waals surface area contributed by atoms with E-state index in [2.05, 4.69) is 5.32 Å². The third kappa shape index (κ3) is 4.56. The highest BCUT2D eigenvalue weighted by molar-refractivity contribution is 5.67. The van der Waals surface area contributed by atoms with Crippen molar-refractivity contribution in [2.45, 2.75) is 50.8 Å². The Kier molecular flexibility index (Phi) is 5.21. The number of nitrogens with two attached hydrogens (primary N) is 1. The molecular weight excluding hydrogens is 240 g/mol. The molecule has 3 N–H and O–H groups in total. The van der Waals surface area contributed by atoms with Crippen LogP contribution in [0.1, 0.15) is 37.7 Å². The van der Waals surface area contributed by atoms with E-state index < -0.39 is 0 Å². The van der Waals surface area contributed by atoms with Crippen LogP contribution in [0.2, 0.25) is 0 Å². The first kappa shape index (κ1) is 13.9. The minimum absolute atomic E-state index is 0.0232. The molecule has 2 unspecified atom stereocenters. The highest BCUT2D eigenvalue weighted by atomic mass is 16.6. The molecule has 1 aromatic rings. The number of carbonyl (C=O) groups excluding carboxylic acids is 1. The van der Waals surface area contributed by atoms with Gasteiger partial charge in [0.15, 0.2) is 0 Å². The summed E-state index contributed by atoms with van der Waals surface area (Å²) in [5.41, 5.74) is 7.09. The molecule has 1 saturated carbocycles. The van der Waals surface area contributed by atoms with Crippen LogP contribution in [-0.2, 0) is 11.3 Å². The predicted molar refractivity (Wildman–Crippen MR) is 74.6 cm³/mol. The van der Waals surface area contributed by atoms with Crippen molar-refractivity contribution in [3.8, 4) is 0 Å². The lowest BCUT2D eigenvalue weighted by Crippen LogP contribution is -2.39. The lowest BCUT2D eigenvalue weighted by atomic mass is 10.1. The Hall–Kier alpha value is -1.55. The van der Waals surface area contributed by atoms with Crippen molar-refractivity contribution >= 4 is 6.09 Å². The van der Waals surface area contributed by atoms with Crippen LogP contribution in [0.25, 0.3) is 0 Å². The summed E-state index contributed by atoms with van der Waals surface area (Å²) in [5, 5.41) is 2.77. The van der Waals surface area contributed by atoms with E-state index in [1.807, 2.05) is 30.3 Å². The molecule has 1 aromatic carbocycles. The molecule has 1 aliphatic rings. The van der Waals surface area contributed by atoms with E-state index in [9.17, 15) is 4.79 Å². The number of nitrogens with one attached hydrogen (secondary N) is 1. The zero-order chi connectivity index (χ0) is 13.5. The molecule has 2 rings (SSSR count). The van der Waals surface area contributed by atoms with Gasteiger partial charge in [-0.1, -0.05) is 43.2 Å². The molecule has 0 spiro atoms. The Labute approximate surface area is 114 Å². The fourth-order valence-electron chi connectivity index (χ4n) is 2.40. The number of benzene rings is 1. The van der Waals surface area contributed by atoms with Crippen molar-refractivity contribution in [1.82, 2.24) is 5.32 Å². The SMILES string of the molecule is NC1CCCCCC1OC(=O)NCc1ccccc1. The molecule has 1 amide bonds. The molecule has 4 heteroatoms. The van der Waals surface area contributed by atoms with Gasteiger partial charge in [0.2, 0.25) is 0 Å². The third-order valence-electron chi connectivity index (χ3n) is 3.54. The average Bonchev–Trinajstić information content (AvgIpc) is 2.63. The Morgan fingerprint density at radius 2 is 1.95 bits per heavy atom. The summed E-state index contributed by atoms with van der Waals surface area (Å²) >= 11 is 0. The average molecular weight is 262 g/mol. The minimum atomic E-state index is -0.369. The summed E-state index contributed by atoms with van der Waals surface area (Å²) < 4.78 is 5.43. The summed E-state index contributed by atoms with van der Waals surface area (Å²) in [6, 6.07) is 9.76. The van der Waals surface area contributed by atoms with Crippen molar-refractivity contribution in [2.24, 2.45) is 5.73 Å². The molecule has 0 aliphatic heterocycles. The second-order valence-corrected chi connectivity index (χ2v) is 5.08. The Morgan fingerprint density at radius 3 is 2.74 bits per heavy atom. The standard InChI is InChI=1S/C15H22N2O2/c16-13-9-5-2-6-10-14(13)19-15(18)17-11-12-7-3-1-4-8-12/h1,3-4,7-8,13-14H,2,5-6,9-11,16H2,(H,17,18). The number of hydrogen-bond acceptors (Lipinski definition) is 3. The van der Waals surface area contributed by atoms with Gasteiger partial charge in [-0.05, 0) is 24.8 Å². The fraction of sp³-hybridized carbons (Fsp3) is 0.533. The highest BCUT2D eigenvalue weighted by Gasteiger charge is 2.23. The number of carbonyl (C=O) groups is 1. The van der Waals surface area contributed by atoms with E-state index in [1.165, 1.54) is 6.42 Å². The second kappa shape index (κ2) is 7.14. The second-order valence-electron chi connectivity index (χ2n) is 5.08. The van der Waals surface area contributed by atoms with E-state index in [0.717, 1.165) is 31.2 Å². The molecule has 1 fully saturated rings. The molecule has 4 nitrogen and oxygen atoms in total. The summed E-state index contributed by atoms with van der Waals surface area (Å²) in [6.07, 6.45) is 4.71. The lowest BCUT2D eigenvalue weighted by Gasteiger charge is -2.21. The summed E-state index contributed by atoms with van der Waals surface area (Å²) in [7, 11) is 0. The van der Waals surface area contributed by atoms with Gasteiger partial charge < -0.3 is 15.8 Å². The molecule has 19 heavy (non-hydrogen) atoms. The molecule has 0 heterocycles.